The Balaban J connectivity index is 2.34. The SMILES string of the molecule is CCc1ccc(C(NN)c2ccc(C)c(F)c2)cc1. The summed E-state index contributed by atoms with van der Waals surface area (Å²) in [5.41, 5.74) is 6.52. The van der Waals surface area contributed by atoms with Crippen molar-refractivity contribution >= 4 is 0 Å². The quantitative estimate of drug-likeness (QED) is 0.652. The highest BCUT2D eigenvalue weighted by Gasteiger charge is 2.13. The van der Waals surface area contributed by atoms with Gasteiger partial charge in [0.2, 0.25) is 0 Å². The molecule has 1 atom stereocenters. The summed E-state index contributed by atoms with van der Waals surface area (Å²) >= 11 is 0. The molecular weight excluding hydrogens is 239 g/mol. The highest BCUT2D eigenvalue weighted by atomic mass is 19.1. The molecule has 0 saturated heterocycles. The molecule has 0 saturated carbocycles. The van der Waals surface area contributed by atoms with Crippen LogP contribution in [0.15, 0.2) is 42.5 Å². The molecule has 2 rings (SSSR count). The van der Waals surface area contributed by atoms with Crippen LogP contribution in [0, 0.1) is 12.7 Å². The lowest BCUT2D eigenvalue weighted by Gasteiger charge is -2.17. The van der Waals surface area contributed by atoms with E-state index in [0.29, 0.717) is 5.56 Å². The van der Waals surface area contributed by atoms with E-state index in [4.69, 9.17) is 5.84 Å². The second-order valence-electron chi connectivity index (χ2n) is 4.70. The van der Waals surface area contributed by atoms with Crippen molar-refractivity contribution in [3.05, 3.63) is 70.5 Å². The van der Waals surface area contributed by atoms with Crippen LogP contribution in [0.25, 0.3) is 0 Å². The standard InChI is InChI=1S/C16H19FN2/c1-3-12-5-8-13(9-6-12)16(19-18)14-7-4-11(2)15(17)10-14/h4-10,16,19H,3,18H2,1-2H3. The van der Waals surface area contributed by atoms with Crippen LogP contribution in [-0.4, -0.2) is 0 Å². The topological polar surface area (TPSA) is 38.0 Å². The van der Waals surface area contributed by atoms with Gasteiger partial charge in [-0.1, -0.05) is 43.3 Å². The van der Waals surface area contributed by atoms with Crippen LogP contribution < -0.4 is 11.3 Å². The lowest BCUT2D eigenvalue weighted by Crippen LogP contribution is -2.28. The molecule has 0 heterocycles. The van der Waals surface area contributed by atoms with Crippen LogP contribution in [0.4, 0.5) is 4.39 Å². The van der Waals surface area contributed by atoms with Crippen LogP contribution in [0.2, 0.25) is 0 Å². The predicted octanol–water partition coefficient (Wildman–Crippen LogP) is 3.25. The van der Waals surface area contributed by atoms with Crippen LogP contribution in [0.5, 0.6) is 0 Å². The second-order valence-corrected chi connectivity index (χ2v) is 4.70. The Kier molecular flexibility index (Phi) is 4.30. The molecule has 2 aromatic rings. The van der Waals surface area contributed by atoms with Crippen molar-refractivity contribution in [2.24, 2.45) is 5.84 Å². The molecule has 0 amide bonds. The molecule has 0 aromatic heterocycles. The lowest BCUT2D eigenvalue weighted by molar-refractivity contribution is 0.599. The molecule has 0 aliphatic carbocycles. The average Bonchev–Trinajstić information content (AvgIpc) is 2.44. The smallest absolute Gasteiger partial charge is 0.126 e. The number of benzene rings is 2. The number of hydrazine groups is 1. The van der Waals surface area contributed by atoms with Gasteiger partial charge in [-0.05, 0) is 41.7 Å². The minimum atomic E-state index is -0.206. The molecule has 0 bridgehead atoms. The molecule has 0 fully saturated rings. The molecule has 3 N–H and O–H groups in total. The van der Waals surface area contributed by atoms with Gasteiger partial charge in [-0.15, -0.1) is 0 Å². The maximum Gasteiger partial charge on any atom is 0.126 e. The summed E-state index contributed by atoms with van der Waals surface area (Å²) in [6.07, 6.45) is 1.00. The number of nitrogens with two attached hydrogens (primary N) is 1. The Labute approximate surface area is 113 Å². The largest absolute Gasteiger partial charge is 0.271 e. The summed E-state index contributed by atoms with van der Waals surface area (Å²) in [7, 11) is 0. The van der Waals surface area contributed by atoms with Gasteiger partial charge in [0, 0.05) is 0 Å². The van der Waals surface area contributed by atoms with E-state index in [9.17, 15) is 4.39 Å². The van der Waals surface area contributed by atoms with E-state index in [1.54, 1.807) is 13.0 Å². The minimum absolute atomic E-state index is 0.194. The van der Waals surface area contributed by atoms with E-state index in [2.05, 4.69) is 24.5 Å². The summed E-state index contributed by atoms with van der Waals surface area (Å²) in [6.45, 7) is 3.86. The third kappa shape index (κ3) is 3.00. The Hall–Kier alpha value is -1.71. The van der Waals surface area contributed by atoms with Gasteiger partial charge < -0.3 is 0 Å². The highest BCUT2D eigenvalue weighted by molar-refractivity contribution is 5.35. The predicted molar refractivity (Wildman–Crippen MR) is 76.1 cm³/mol. The molecular formula is C16H19FN2. The van der Waals surface area contributed by atoms with Gasteiger partial charge in [-0.3, -0.25) is 5.84 Å². The zero-order valence-electron chi connectivity index (χ0n) is 11.3. The molecule has 100 valence electrons. The van der Waals surface area contributed by atoms with Gasteiger partial charge in [0.1, 0.15) is 5.82 Å². The fourth-order valence-corrected chi connectivity index (χ4v) is 2.12. The minimum Gasteiger partial charge on any atom is -0.271 e. The van der Waals surface area contributed by atoms with Crippen LogP contribution >= 0.6 is 0 Å². The number of rotatable bonds is 4. The Morgan fingerprint density at radius 3 is 2.26 bits per heavy atom. The summed E-state index contributed by atoms with van der Waals surface area (Å²) in [5, 5.41) is 0. The Morgan fingerprint density at radius 2 is 1.74 bits per heavy atom. The van der Waals surface area contributed by atoms with E-state index in [-0.39, 0.29) is 11.9 Å². The van der Waals surface area contributed by atoms with E-state index in [0.717, 1.165) is 17.5 Å². The molecule has 2 nitrogen and oxygen atoms in total. The van der Waals surface area contributed by atoms with E-state index in [1.165, 1.54) is 11.6 Å². The summed E-state index contributed by atoms with van der Waals surface area (Å²) in [6, 6.07) is 13.2. The number of aryl methyl sites for hydroxylation is 2. The maximum absolute atomic E-state index is 13.6. The van der Waals surface area contributed by atoms with Crippen LogP contribution in [-0.2, 0) is 6.42 Å². The third-order valence-corrected chi connectivity index (χ3v) is 3.42. The molecule has 19 heavy (non-hydrogen) atoms. The molecule has 0 radical (unpaired) electrons. The maximum atomic E-state index is 13.6. The van der Waals surface area contributed by atoms with Crippen molar-refractivity contribution in [1.29, 1.82) is 0 Å². The van der Waals surface area contributed by atoms with Crippen molar-refractivity contribution in [3.8, 4) is 0 Å². The Bertz CT molecular complexity index is 549. The van der Waals surface area contributed by atoms with Gasteiger partial charge in [0.25, 0.3) is 0 Å². The fraction of sp³-hybridized carbons (Fsp3) is 0.250. The van der Waals surface area contributed by atoms with Gasteiger partial charge in [0.05, 0.1) is 6.04 Å². The van der Waals surface area contributed by atoms with Gasteiger partial charge in [-0.25, -0.2) is 9.82 Å². The first-order chi connectivity index (χ1) is 9.15. The first-order valence-electron chi connectivity index (χ1n) is 6.46. The average molecular weight is 258 g/mol. The number of hydrogen-bond acceptors (Lipinski definition) is 2. The fourth-order valence-electron chi connectivity index (χ4n) is 2.12. The van der Waals surface area contributed by atoms with Crippen molar-refractivity contribution in [3.63, 3.8) is 0 Å². The Morgan fingerprint density at radius 1 is 1.11 bits per heavy atom. The molecule has 3 heteroatoms. The molecule has 2 aromatic carbocycles. The first-order valence-corrected chi connectivity index (χ1v) is 6.46. The first kappa shape index (κ1) is 13.7. The number of halogens is 1. The van der Waals surface area contributed by atoms with Crippen LogP contribution in [0.3, 0.4) is 0 Å². The van der Waals surface area contributed by atoms with E-state index in [1.807, 2.05) is 18.2 Å². The third-order valence-electron chi connectivity index (χ3n) is 3.42. The van der Waals surface area contributed by atoms with E-state index < -0.39 is 0 Å². The molecule has 1 unspecified atom stereocenters. The van der Waals surface area contributed by atoms with Crippen LogP contribution in [0.1, 0.15) is 35.2 Å². The van der Waals surface area contributed by atoms with Gasteiger partial charge in [-0.2, -0.15) is 0 Å². The summed E-state index contributed by atoms with van der Waals surface area (Å²) in [4.78, 5) is 0. The second kappa shape index (κ2) is 5.95. The van der Waals surface area contributed by atoms with Crippen molar-refractivity contribution in [1.82, 2.24) is 5.43 Å². The van der Waals surface area contributed by atoms with E-state index >= 15 is 0 Å². The van der Waals surface area contributed by atoms with Gasteiger partial charge >= 0.3 is 0 Å². The molecule has 0 aliphatic heterocycles. The molecule has 0 aliphatic rings. The number of hydrogen-bond donors (Lipinski definition) is 2. The lowest BCUT2D eigenvalue weighted by atomic mass is 9.97. The molecule has 0 spiro atoms. The zero-order chi connectivity index (χ0) is 13.8. The van der Waals surface area contributed by atoms with Crippen molar-refractivity contribution < 1.29 is 4.39 Å². The van der Waals surface area contributed by atoms with Gasteiger partial charge in [0.15, 0.2) is 0 Å². The van der Waals surface area contributed by atoms with Crippen molar-refractivity contribution in [2.75, 3.05) is 0 Å². The monoisotopic (exact) mass is 258 g/mol. The zero-order valence-corrected chi connectivity index (χ0v) is 11.3. The number of nitrogens with one attached hydrogen (secondary N) is 1. The van der Waals surface area contributed by atoms with Crippen molar-refractivity contribution in [2.45, 2.75) is 26.3 Å². The summed E-state index contributed by atoms with van der Waals surface area (Å²) in [5.74, 6) is 5.42. The highest BCUT2D eigenvalue weighted by Crippen LogP contribution is 2.23. The normalized spacial score (nSPS) is 12.4. The summed E-state index contributed by atoms with van der Waals surface area (Å²) < 4.78 is 13.6.